The number of hydrogen-bond donors (Lipinski definition) is 6. The second kappa shape index (κ2) is 9.96. The third-order valence-corrected chi connectivity index (χ3v) is 5.17. The molecule has 0 aliphatic carbocycles. The molecule has 7 N–H and O–H groups in total. The number of carbonyl (C=O) groups is 3. The van der Waals surface area contributed by atoms with Crippen molar-refractivity contribution >= 4 is 34.7 Å². The van der Waals surface area contributed by atoms with Gasteiger partial charge in [-0.2, -0.15) is 0 Å². The molecule has 0 aliphatic heterocycles. The van der Waals surface area contributed by atoms with Gasteiger partial charge in [-0.05, 0) is 30.2 Å². The molecule has 2 atom stereocenters. The maximum atomic E-state index is 12.6. The van der Waals surface area contributed by atoms with Crippen LogP contribution in [0.25, 0.3) is 11.0 Å². The number of amides is 1. The summed E-state index contributed by atoms with van der Waals surface area (Å²) >= 11 is 0. The van der Waals surface area contributed by atoms with Crippen molar-refractivity contribution in [1.82, 2.24) is 19.9 Å². The Morgan fingerprint density at radius 3 is 2.48 bits per heavy atom. The van der Waals surface area contributed by atoms with Crippen LogP contribution in [0.5, 0.6) is 0 Å². The lowest BCUT2D eigenvalue weighted by Gasteiger charge is -2.17. The Labute approximate surface area is 186 Å². The largest absolute Gasteiger partial charge is 0.481 e. The van der Waals surface area contributed by atoms with E-state index >= 15 is 0 Å². The number of carboxylic acid groups (broad SMARTS) is 2. The van der Waals surface area contributed by atoms with Crippen LogP contribution in [-0.2, 0) is 16.1 Å². The van der Waals surface area contributed by atoms with E-state index in [0.717, 1.165) is 0 Å². The van der Waals surface area contributed by atoms with Crippen LogP contribution in [0, 0.1) is 0 Å². The summed E-state index contributed by atoms with van der Waals surface area (Å²) in [6.45, 7) is -0.146. The standard InChI is InChI=1S/C21H23N5O7/c22-16-7-14-18(25-16)23-10-26(20(14)31)8-13(9-27)11-1-3-12(4-2-11)19(30)24-15(21(32)33)5-6-17(28)29/h1-4,7,10,13,15,25,27H,5-6,8-9,22H2,(H,24,30)(H,28,29)(H,32,33)/t13?,15-/m0/s1. The highest BCUT2D eigenvalue weighted by Crippen LogP contribution is 2.19. The zero-order valence-corrected chi connectivity index (χ0v) is 17.4. The summed E-state index contributed by atoms with van der Waals surface area (Å²) in [5.74, 6) is -3.33. The normalized spacial score (nSPS) is 12.9. The third kappa shape index (κ3) is 5.54. The van der Waals surface area contributed by atoms with Gasteiger partial charge in [-0.3, -0.25) is 19.0 Å². The molecule has 174 valence electrons. The Morgan fingerprint density at radius 2 is 1.88 bits per heavy atom. The second-order valence-corrected chi connectivity index (χ2v) is 7.49. The molecule has 3 aromatic rings. The number of fused-ring (bicyclic) bond motifs is 1. The zero-order valence-electron chi connectivity index (χ0n) is 17.4. The van der Waals surface area contributed by atoms with Gasteiger partial charge < -0.3 is 31.4 Å². The van der Waals surface area contributed by atoms with Gasteiger partial charge >= 0.3 is 11.9 Å². The number of aliphatic carboxylic acids is 2. The number of rotatable bonds is 10. The van der Waals surface area contributed by atoms with Crippen LogP contribution in [-0.4, -0.2) is 60.3 Å². The van der Waals surface area contributed by atoms with E-state index in [-0.39, 0.29) is 30.7 Å². The highest BCUT2D eigenvalue weighted by atomic mass is 16.4. The highest BCUT2D eigenvalue weighted by Gasteiger charge is 2.22. The van der Waals surface area contributed by atoms with Crippen LogP contribution < -0.4 is 16.6 Å². The zero-order chi connectivity index (χ0) is 24.1. The van der Waals surface area contributed by atoms with Crippen LogP contribution >= 0.6 is 0 Å². The van der Waals surface area contributed by atoms with E-state index in [0.29, 0.717) is 22.4 Å². The Hall–Kier alpha value is -4.19. The van der Waals surface area contributed by atoms with Crippen molar-refractivity contribution in [3.63, 3.8) is 0 Å². The molecule has 0 saturated carbocycles. The topological polar surface area (TPSA) is 201 Å². The minimum Gasteiger partial charge on any atom is -0.481 e. The molecule has 2 aromatic heterocycles. The summed E-state index contributed by atoms with van der Waals surface area (Å²) in [7, 11) is 0. The lowest BCUT2D eigenvalue weighted by Crippen LogP contribution is -2.41. The van der Waals surface area contributed by atoms with E-state index in [1.165, 1.54) is 29.1 Å². The van der Waals surface area contributed by atoms with E-state index in [9.17, 15) is 29.4 Å². The fraction of sp³-hybridized carbons (Fsp3) is 0.286. The molecule has 1 aromatic carbocycles. The molecule has 12 heteroatoms. The third-order valence-electron chi connectivity index (χ3n) is 5.17. The van der Waals surface area contributed by atoms with Gasteiger partial charge in [0.2, 0.25) is 0 Å². The van der Waals surface area contributed by atoms with Crippen LogP contribution in [0.1, 0.15) is 34.7 Å². The number of H-pyrrole nitrogens is 1. The molecule has 0 saturated heterocycles. The number of aliphatic hydroxyl groups is 1. The van der Waals surface area contributed by atoms with Gasteiger partial charge in [-0.1, -0.05) is 12.1 Å². The molecule has 0 aliphatic rings. The Balaban J connectivity index is 1.73. The summed E-state index contributed by atoms with van der Waals surface area (Å²) in [5, 5.41) is 30.4. The van der Waals surface area contributed by atoms with Gasteiger partial charge in [0, 0.05) is 24.4 Å². The van der Waals surface area contributed by atoms with Crippen molar-refractivity contribution in [2.24, 2.45) is 0 Å². The monoisotopic (exact) mass is 457 g/mol. The van der Waals surface area contributed by atoms with Crippen LogP contribution in [0.2, 0.25) is 0 Å². The summed E-state index contributed by atoms with van der Waals surface area (Å²) < 4.78 is 1.36. The molecule has 0 spiro atoms. The van der Waals surface area contributed by atoms with Crippen molar-refractivity contribution in [3.05, 3.63) is 58.1 Å². The predicted molar refractivity (Wildman–Crippen MR) is 117 cm³/mol. The molecular formula is C21H23N5O7. The number of benzene rings is 1. The molecule has 3 rings (SSSR count). The number of nitrogens with two attached hydrogens (primary N) is 1. The number of aromatic nitrogens is 3. The Kier molecular flexibility index (Phi) is 7.08. The molecule has 0 fully saturated rings. The summed E-state index contributed by atoms with van der Waals surface area (Å²) in [4.78, 5) is 53.9. The van der Waals surface area contributed by atoms with Gasteiger partial charge in [-0.25, -0.2) is 9.78 Å². The molecule has 33 heavy (non-hydrogen) atoms. The first-order valence-electron chi connectivity index (χ1n) is 9.99. The van der Waals surface area contributed by atoms with Crippen molar-refractivity contribution in [2.45, 2.75) is 31.3 Å². The number of hydrogen-bond acceptors (Lipinski definition) is 7. The maximum Gasteiger partial charge on any atom is 0.326 e. The van der Waals surface area contributed by atoms with Crippen LogP contribution in [0.3, 0.4) is 0 Å². The lowest BCUT2D eigenvalue weighted by molar-refractivity contribution is -0.140. The second-order valence-electron chi connectivity index (χ2n) is 7.49. The minimum absolute atomic E-state index is 0.130. The van der Waals surface area contributed by atoms with Gasteiger partial charge in [0.15, 0.2) is 0 Å². The van der Waals surface area contributed by atoms with Crippen molar-refractivity contribution in [1.29, 1.82) is 0 Å². The van der Waals surface area contributed by atoms with Crippen molar-refractivity contribution in [3.8, 4) is 0 Å². The van der Waals surface area contributed by atoms with Crippen molar-refractivity contribution in [2.75, 3.05) is 12.3 Å². The first kappa shape index (κ1) is 23.5. The first-order chi connectivity index (χ1) is 15.7. The Morgan fingerprint density at radius 1 is 1.18 bits per heavy atom. The number of carboxylic acids is 2. The average molecular weight is 457 g/mol. The summed E-state index contributed by atoms with van der Waals surface area (Å²) in [6.07, 6.45) is 0.707. The van der Waals surface area contributed by atoms with E-state index in [1.807, 2.05) is 0 Å². The number of nitrogen functional groups attached to an aromatic ring is 1. The van der Waals surface area contributed by atoms with E-state index in [1.54, 1.807) is 12.1 Å². The van der Waals surface area contributed by atoms with Crippen molar-refractivity contribution < 1.29 is 29.7 Å². The molecule has 2 heterocycles. The van der Waals surface area contributed by atoms with Gasteiger partial charge in [0.05, 0.1) is 18.3 Å². The highest BCUT2D eigenvalue weighted by molar-refractivity contribution is 5.96. The van der Waals surface area contributed by atoms with E-state index < -0.39 is 36.2 Å². The lowest BCUT2D eigenvalue weighted by atomic mass is 9.98. The number of anilines is 1. The molecule has 12 nitrogen and oxygen atoms in total. The Bertz CT molecular complexity index is 1230. The number of nitrogens with zero attached hydrogens (tertiary/aromatic N) is 2. The molecular weight excluding hydrogens is 434 g/mol. The number of aromatic amines is 1. The number of carbonyl (C=O) groups excluding carboxylic acids is 1. The van der Waals surface area contributed by atoms with E-state index in [4.69, 9.17) is 10.8 Å². The van der Waals surface area contributed by atoms with Crippen LogP contribution in [0.4, 0.5) is 5.82 Å². The van der Waals surface area contributed by atoms with Gasteiger partial charge in [0.1, 0.15) is 17.5 Å². The molecule has 1 unspecified atom stereocenters. The summed E-state index contributed by atoms with van der Waals surface area (Å²) in [5.41, 5.74) is 6.54. The van der Waals surface area contributed by atoms with E-state index in [2.05, 4.69) is 15.3 Å². The van der Waals surface area contributed by atoms with Gasteiger partial charge in [-0.15, -0.1) is 0 Å². The SMILES string of the molecule is Nc1cc2c(=O)n(CC(CO)c3ccc(C(=O)N[C@@H](CCC(=O)O)C(=O)O)cc3)cnc2[nH]1. The quantitative estimate of drug-likeness (QED) is 0.245. The first-order valence-corrected chi connectivity index (χ1v) is 9.99. The number of nitrogens with one attached hydrogen (secondary N) is 2. The average Bonchev–Trinajstić information content (AvgIpc) is 3.17. The predicted octanol–water partition coefficient (Wildman–Crippen LogP) is 0.131. The smallest absolute Gasteiger partial charge is 0.326 e. The minimum atomic E-state index is -1.34. The molecule has 0 radical (unpaired) electrons. The maximum absolute atomic E-state index is 12.6. The fourth-order valence-corrected chi connectivity index (χ4v) is 3.37. The number of aliphatic hydroxyl groups excluding tert-OH is 1. The van der Waals surface area contributed by atoms with Gasteiger partial charge in [0.25, 0.3) is 11.5 Å². The molecule has 1 amide bonds. The fourth-order valence-electron chi connectivity index (χ4n) is 3.37. The summed E-state index contributed by atoms with van der Waals surface area (Å²) in [6, 6.07) is 6.25. The van der Waals surface area contributed by atoms with Crippen LogP contribution in [0.15, 0.2) is 41.5 Å². The molecule has 0 bridgehead atoms.